The lowest BCUT2D eigenvalue weighted by Gasteiger charge is -2.56. The van der Waals surface area contributed by atoms with Crippen LogP contribution < -0.4 is 5.32 Å². The monoisotopic (exact) mass is 285 g/mol. The Bertz CT molecular complexity index is 505. The molecule has 5 rings (SSSR count). The lowest BCUT2D eigenvalue weighted by atomic mass is 9.49. The summed E-state index contributed by atoms with van der Waals surface area (Å²) >= 11 is 0. The Kier molecular flexibility index (Phi) is 3.11. The molecular weight excluding hydrogens is 258 g/mol. The van der Waals surface area contributed by atoms with Crippen LogP contribution in [-0.4, -0.2) is 17.0 Å². The standard InChI is InChI=1S/C18H27N3/c1-11-16(10-19-3)12(2)21-17(20-11)18-7-13-4-14(8-18)6-15(5-13)9-18/h13-15,19H,4-10H2,1-3H3. The first-order chi connectivity index (χ1) is 10.1. The van der Waals surface area contributed by atoms with E-state index in [0.29, 0.717) is 5.41 Å². The van der Waals surface area contributed by atoms with E-state index in [-0.39, 0.29) is 0 Å². The SMILES string of the molecule is CNCc1c(C)nc(C23CC4CC(CC(C4)C2)C3)nc1C. The fraction of sp³-hybridized carbons (Fsp3) is 0.778. The smallest absolute Gasteiger partial charge is 0.135 e. The molecule has 4 aliphatic carbocycles. The minimum Gasteiger partial charge on any atom is -0.316 e. The summed E-state index contributed by atoms with van der Waals surface area (Å²) < 4.78 is 0. The van der Waals surface area contributed by atoms with E-state index >= 15 is 0 Å². The molecule has 21 heavy (non-hydrogen) atoms. The summed E-state index contributed by atoms with van der Waals surface area (Å²) in [5, 5.41) is 3.24. The average Bonchev–Trinajstić information content (AvgIpc) is 2.41. The molecule has 1 heterocycles. The maximum Gasteiger partial charge on any atom is 0.135 e. The van der Waals surface area contributed by atoms with Crippen molar-refractivity contribution in [2.45, 2.75) is 64.3 Å². The molecular formula is C18H27N3. The van der Waals surface area contributed by atoms with Crippen molar-refractivity contribution in [3.05, 3.63) is 22.8 Å². The molecule has 4 saturated carbocycles. The first-order valence-electron chi connectivity index (χ1n) is 8.59. The maximum atomic E-state index is 4.99. The molecule has 3 nitrogen and oxygen atoms in total. The van der Waals surface area contributed by atoms with Gasteiger partial charge in [-0.1, -0.05) is 0 Å². The Labute approximate surface area is 128 Å². The van der Waals surface area contributed by atoms with Gasteiger partial charge < -0.3 is 5.32 Å². The summed E-state index contributed by atoms with van der Waals surface area (Å²) in [5.41, 5.74) is 3.97. The van der Waals surface area contributed by atoms with Crippen molar-refractivity contribution in [3.8, 4) is 0 Å². The van der Waals surface area contributed by atoms with Gasteiger partial charge in [-0.15, -0.1) is 0 Å². The van der Waals surface area contributed by atoms with Crippen LogP contribution in [-0.2, 0) is 12.0 Å². The van der Waals surface area contributed by atoms with Gasteiger partial charge in [-0.25, -0.2) is 9.97 Å². The largest absolute Gasteiger partial charge is 0.316 e. The Morgan fingerprint density at radius 2 is 1.43 bits per heavy atom. The number of hydrogen-bond donors (Lipinski definition) is 1. The highest BCUT2D eigenvalue weighted by Crippen LogP contribution is 2.60. The summed E-state index contributed by atoms with van der Waals surface area (Å²) in [5.74, 6) is 4.05. The highest BCUT2D eigenvalue weighted by molar-refractivity contribution is 5.28. The van der Waals surface area contributed by atoms with Crippen LogP contribution in [0.15, 0.2) is 0 Å². The molecule has 0 aromatic carbocycles. The second kappa shape index (κ2) is 4.77. The lowest BCUT2D eigenvalue weighted by Crippen LogP contribution is -2.49. The molecule has 0 aliphatic heterocycles. The molecule has 0 radical (unpaired) electrons. The van der Waals surface area contributed by atoms with Crippen LogP contribution >= 0.6 is 0 Å². The van der Waals surface area contributed by atoms with Gasteiger partial charge >= 0.3 is 0 Å². The van der Waals surface area contributed by atoms with Crippen molar-refractivity contribution in [2.75, 3.05) is 7.05 Å². The van der Waals surface area contributed by atoms with Gasteiger partial charge in [0.25, 0.3) is 0 Å². The zero-order valence-electron chi connectivity index (χ0n) is 13.6. The first kappa shape index (κ1) is 13.7. The number of rotatable bonds is 3. The Morgan fingerprint density at radius 3 is 1.86 bits per heavy atom. The van der Waals surface area contributed by atoms with E-state index in [1.807, 2.05) is 7.05 Å². The van der Waals surface area contributed by atoms with Crippen molar-refractivity contribution in [1.29, 1.82) is 0 Å². The summed E-state index contributed by atoms with van der Waals surface area (Å²) in [7, 11) is 1.99. The van der Waals surface area contributed by atoms with Gasteiger partial charge in [0.15, 0.2) is 0 Å². The van der Waals surface area contributed by atoms with Gasteiger partial charge in [0, 0.05) is 28.9 Å². The van der Waals surface area contributed by atoms with Crippen LogP contribution in [0.4, 0.5) is 0 Å². The molecule has 0 spiro atoms. The van der Waals surface area contributed by atoms with Crippen molar-refractivity contribution < 1.29 is 0 Å². The van der Waals surface area contributed by atoms with Gasteiger partial charge in [0.05, 0.1) is 0 Å². The van der Waals surface area contributed by atoms with Crippen LogP contribution in [0, 0.1) is 31.6 Å². The molecule has 0 unspecified atom stereocenters. The zero-order chi connectivity index (χ0) is 14.6. The van der Waals surface area contributed by atoms with Crippen LogP contribution in [0.5, 0.6) is 0 Å². The summed E-state index contributed by atoms with van der Waals surface area (Å²) in [4.78, 5) is 9.98. The number of nitrogens with one attached hydrogen (secondary N) is 1. The predicted octanol–water partition coefficient (Wildman–Crippen LogP) is 3.28. The molecule has 0 atom stereocenters. The fourth-order valence-corrected chi connectivity index (χ4v) is 5.79. The van der Waals surface area contributed by atoms with Gasteiger partial charge in [-0.05, 0) is 77.2 Å². The molecule has 1 aromatic heterocycles. The third-order valence-corrected chi connectivity index (χ3v) is 6.29. The average molecular weight is 285 g/mol. The van der Waals surface area contributed by atoms with E-state index in [1.54, 1.807) is 0 Å². The van der Waals surface area contributed by atoms with E-state index in [9.17, 15) is 0 Å². The van der Waals surface area contributed by atoms with Crippen LogP contribution in [0.2, 0.25) is 0 Å². The van der Waals surface area contributed by atoms with E-state index in [0.717, 1.165) is 24.3 Å². The Hall–Kier alpha value is -0.960. The number of hydrogen-bond acceptors (Lipinski definition) is 3. The summed E-state index contributed by atoms with van der Waals surface area (Å²) in [6, 6.07) is 0. The lowest BCUT2D eigenvalue weighted by molar-refractivity contribution is -0.00956. The molecule has 1 aromatic rings. The van der Waals surface area contributed by atoms with E-state index in [2.05, 4.69) is 19.2 Å². The molecule has 3 heteroatoms. The molecule has 0 saturated heterocycles. The molecule has 114 valence electrons. The summed E-state index contributed by atoms with van der Waals surface area (Å²) in [6.45, 7) is 5.19. The number of aryl methyl sites for hydroxylation is 2. The van der Waals surface area contributed by atoms with E-state index < -0.39 is 0 Å². The minimum atomic E-state index is 0.322. The molecule has 1 N–H and O–H groups in total. The Balaban J connectivity index is 1.73. The van der Waals surface area contributed by atoms with Gasteiger partial charge in [-0.2, -0.15) is 0 Å². The van der Waals surface area contributed by atoms with Crippen molar-refractivity contribution in [1.82, 2.24) is 15.3 Å². The molecule has 0 amide bonds. The van der Waals surface area contributed by atoms with Crippen LogP contribution in [0.25, 0.3) is 0 Å². The first-order valence-corrected chi connectivity index (χ1v) is 8.59. The minimum absolute atomic E-state index is 0.322. The summed E-state index contributed by atoms with van der Waals surface area (Å²) in [6.07, 6.45) is 8.49. The van der Waals surface area contributed by atoms with Gasteiger partial charge in [0.1, 0.15) is 5.82 Å². The Morgan fingerprint density at radius 1 is 0.952 bits per heavy atom. The van der Waals surface area contributed by atoms with Crippen molar-refractivity contribution in [3.63, 3.8) is 0 Å². The topological polar surface area (TPSA) is 37.8 Å². The zero-order valence-corrected chi connectivity index (χ0v) is 13.6. The van der Waals surface area contributed by atoms with E-state index in [4.69, 9.17) is 9.97 Å². The maximum absolute atomic E-state index is 4.99. The van der Waals surface area contributed by atoms with Crippen LogP contribution in [0.1, 0.15) is 61.3 Å². The second-order valence-electron chi connectivity index (χ2n) is 7.92. The highest BCUT2D eigenvalue weighted by atomic mass is 14.9. The highest BCUT2D eigenvalue weighted by Gasteiger charge is 2.53. The van der Waals surface area contributed by atoms with Crippen molar-refractivity contribution in [2.24, 2.45) is 17.8 Å². The quantitative estimate of drug-likeness (QED) is 0.926. The third-order valence-electron chi connectivity index (χ3n) is 6.29. The number of aromatic nitrogens is 2. The normalized spacial score (nSPS) is 37.2. The molecule has 4 aliphatic rings. The predicted molar refractivity (Wildman–Crippen MR) is 84.1 cm³/mol. The molecule has 4 fully saturated rings. The molecule has 4 bridgehead atoms. The third kappa shape index (κ3) is 2.12. The van der Waals surface area contributed by atoms with E-state index in [1.165, 1.54) is 61.3 Å². The van der Waals surface area contributed by atoms with Gasteiger partial charge in [-0.3, -0.25) is 0 Å². The fourth-order valence-electron chi connectivity index (χ4n) is 5.79. The second-order valence-corrected chi connectivity index (χ2v) is 7.92. The number of nitrogens with zero attached hydrogens (tertiary/aromatic N) is 2. The van der Waals surface area contributed by atoms with Crippen LogP contribution in [0.3, 0.4) is 0 Å². The van der Waals surface area contributed by atoms with Gasteiger partial charge in [0.2, 0.25) is 0 Å². The van der Waals surface area contributed by atoms with Crippen molar-refractivity contribution >= 4 is 0 Å².